The van der Waals surface area contributed by atoms with Crippen molar-refractivity contribution in [2.24, 2.45) is 23.7 Å². The van der Waals surface area contributed by atoms with E-state index in [1.807, 2.05) is 26.0 Å². The number of amides is 3. The van der Waals surface area contributed by atoms with E-state index in [9.17, 15) is 27.6 Å². The Bertz CT molecular complexity index is 663. The molecule has 162 valence electrons. The molecule has 29 heavy (non-hydrogen) atoms. The van der Waals surface area contributed by atoms with Gasteiger partial charge in [-0.2, -0.15) is 13.2 Å². The Labute approximate surface area is 169 Å². The first-order valence-corrected chi connectivity index (χ1v) is 10.5. The van der Waals surface area contributed by atoms with Gasteiger partial charge < -0.3 is 5.32 Å². The fourth-order valence-corrected chi connectivity index (χ4v) is 4.82. The number of alkyl halides is 3. The third kappa shape index (κ3) is 4.67. The van der Waals surface area contributed by atoms with Crippen molar-refractivity contribution >= 4 is 17.7 Å². The Balaban J connectivity index is 1.74. The SMILES string of the molecule is CC(C)CC(C(=O)NC1CCCC(C(F)(F)F)C1)N1C(=O)C2CC=CCC2C1=O. The van der Waals surface area contributed by atoms with Crippen LogP contribution in [0.15, 0.2) is 12.2 Å². The molecule has 1 saturated heterocycles. The molecule has 5 nitrogen and oxygen atoms in total. The minimum absolute atomic E-state index is 0.0429. The molecule has 5 atom stereocenters. The summed E-state index contributed by atoms with van der Waals surface area (Å²) in [7, 11) is 0. The predicted molar refractivity (Wildman–Crippen MR) is 100 cm³/mol. The van der Waals surface area contributed by atoms with Crippen LogP contribution in [0.2, 0.25) is 0 Å². The average Bonchev–Trinajstić information content (AvgIpc) is 2.90. The molecule has 0 aromatic carbocycles. The highest BCUT2D eigenvalue weighted by Crippen LogP contribution is 2.39. The van der Waals surface area contributed by atoms with E-state index in [1.54, 1.807) is 0 Å². The normalized spacial score (nSPS) is 31.2. The van der Waals surface area contributed by atoms with E-state index >= 15 is 0 Å². The molecule has 3 aliphatic rings. The summed E-state index contributed by atoms with van der Waals surface area (Å²) in [4.78, 5) is 39.9. The number of nitrogens with one attached hydrogen (secondary N) is 1. The van der Waals surface area contributed by atoms with E-state index in [-0.39, 0.29) is 30.6 Å². The predicted octanol–water partition coefficient (Wildman–Crippen LogP) is 3.59. The molecule has 5 unspecified atom stereocenters. The zero-order chi connectivity index (χ0) is 21.3. The van der Waals surface area contributed by atoms with Crippen LogP contribution >= 0.6 is 0 Å². The smallest absolute Gasteiger partial charge is 0.352 e. The number of imide groups is 1. The molecule has 3 amide bonds. The van der Waals surface area contributed by atoms with Crippen molar-refractivity contribution in [2.45, 2.75) is 77.1 Å². The number of carbonyl (C=O) groups is 3. The number of hydrogen-bond acceptors (Lipinski definition) is 3. The fraction of sp³-hybridized carbons (Fsp3) is 0.762. The molecule has 3 rings (SSSR count). The quantitative estimate of drug-likeness (QED) is 0.552. The Morgan fingerprint density at radius 2 is 1.72 bits per heavy atom. The van der Waals surface area contributed by atoms with Gasteiger partial charge >= 0.3 is 6.18 Å². The summed E-state index contributed by atoms with van der Waals surface area (Å²) in [5, 5.41) is 2.73. The lowest BCUT2D eigenvalue weighted by Crippen LogP contribution is -2.53. The molecule has 1 heterocycles. The minimum atomic E-state index is -4.27. The van der Waals surface area contributed by atoms with Gasteiger partial charge in [0, 0.05) is 6.04 Å². The highest BCUT2D eigenvalue weighted by Gasteiger charge is 2.51. The van der Waals surface area contributed by atoms with Crippen molar-refractivity contribution in [1.82, 2.24) is 10.2 Å². The van der Waals surface area contributed by atoms with Crippen LogP contribution in [-0.2, 0) is 14.4 Å². The highest BCUT2D eigenvalue weighted by atomic mass is 19.4. The Morgan fingerprint density at radius 3 is 2.24 bits per heavy atom. The van der Waals surface area contributed by atoms with Gasteiger partial charge in [0.1, 0.15) is 6.04 Å². The number of nitrogens with zero attached hydrogens (tertiary/aromatic N) is 1. The van der Waals surface area contributed by atoms with Crippen LogP contribution in [0.4, 0.5) is 13.2 Å². The van der Waals surface area contributed by atoms with Crippen LogP contribution in [0.1, 0.15) is 58.8 Å². The van der Waals surface area contributed by atoms with E-state index in [1.165, 1.54) is 0 Å². The summed E-state index contributed by atoms with van der Waals surface area (Å²) in [6.07, 6.45) is 1.54. The van der Waals surface area contributed by atoms with Gasteiger partial charge in [0.05, 0.1) is 17.8 Å². The maximum atomic E-state index is 13.1. The first-order chi connectivity index (χ1) is 13.6. The summed E-state index contributed by atoms with van der Waals surface area (Å²) >= 11 is 0. The van der Waals surface area contributed by atoms with Gasteiger partial charge in [-0.3, -0.25) is 19.3 Å². The monoisotopic (exact) mass is 414 g/mol. The van der Waals surface area contributed by atoms with Crippen molar-refractivity contribution in [3.8, 4) is 0 Å². The minimum Gasteiger partial charge on any atom is -0.352 e. The molecule has 2 fully saturated rings. The maximum Gasteiger partial charge on any atom is 0.391 e. The van der Waals surface area contributed by atoms with E-state index in [2.05, 4.69) is 5.32 Å². The van der Waals surface area contributed by atoms with E-state index in [4.69, 9.17) is 0 Å². The summed E-state index contributed by atoms with van der Waals surface area (Å²) in [6, 6.07) is -1.55. The van der Waals surface area contributed by atoms with Crippen LogP contribution < -0.4 is 5.32 Å². The number of likely N-dealkylation sites (tertiary alicyclic amines) is 1. The molecule has 0 aromatic rings. The van der Waals surface area contributed by atoms with Gasteiger partial charge in [-0.15, -0.1) is 0 Å². The van der Waals surface area contributed by atoms with Crippen LogP contribution in [0.25, 0.3) is 0 Å². The molecule has 0 spiro atoms. The first kappa shape index (κ1) is 21.8. The largest absolute Gasteiger partial charge is 0.391 e. The van der Waals surface area contributed by atoms with E-state index in [0.29, 0.717) is 32.1 Å². The van der Waals surface area contributed by atoms with Gasteiger partial charge in [0.25, 0.3) is 0 Å². The van der Waals surface area contributed by atoms with Gasteiger partial charge in [-0.05, 0) is 44.4 Å². The van der Waals surface area contributed by atoms with Gasteiger partial charge in [0.15, 0.2) is 0 Å². The second-order valence-electron chi connectivity index (χ2n) is 8.96. The molecular formula is C21H29F3N2O3. The van der Waals surface area contributed by atoms with Crippen molar-refractivity contribution in [3.63, 3.8) is 0 Å². The highest BCUT2D eigenvalue weighted by molar-refractivity contribution is 6.08. The molecule has 0 bridgehead atoms. The standard InChI is InChI=1S/C21H29F3N2O3/c1-12(2)10-17(26-19(28)15-8-3-4-9-16(15)20(26)29)18(27)25-14-7-5-6-13(11-14)21(22,23)24/h3-4,12-17H,5-11H2,1-2H3,(H,25,27). The van der Waals surface area contributed by atoms with Gasteiger partial charge in [-0.25, -0.2) is 0 Å². The second kappa shape index (κ2) is 8.48. The van der Waals surface area contributed by atoms with Crippen molar-refractivity contribution in [3.05, 3.63) is 12.2 Å². The molecular weight excluding hydrogens is 385 g/mol. The average molecular weight is 414 g/mol. The number of halogens is 3. The van der Waals surface area contributed by atoms with Crippen LogP contribution in [0.3, 0.4) is 0 Å². The molecule has 1 saturated carbocycles. The maximum absolute atomic E-state index is 13.1. The first-order valence-electron chi connectivity index (χ1n) is 10.5. The zero-order valence-corrected chi connectivity index (χ0v) is 16.9. The van der Waals surface area contributed by atoms with Crippen molar-refractivity contribution < 1.29 is 27.6 Å². The Kier molecular flexibility index (Phi) is 6.39. The summed E-state index contributed by atoms with van der Waals surface area (Å²) < 4.78 is 39.3. The fourth-order valence-electron chi connectivity index (χ4n) is 4.82. The van der Waals surface area contributed by atoms with E-state index in [0.717, 1.165) is 4.90 Å². The molecule has 2 aliphatic carbocycles. The molecule has 1 aliphatic heterocycles. The topological polar surface area (TPSA) is 66.5 Å². The number of hydrogen-bond donors (Lipinski definition) is 1. The Hall–Kier alpha value is -1.86. The lowest BCUT2D eigenvalue weighted by molar-refractivity contribution is -0.184. The van der Waals surface area contributed by atoms with Gasteiger partial charge in [0.2, 0.25) is 17.7 Å². The summed E-state index contributed by atoms with van der Waals surface area (Å²) in [6.45, 7) is 3.78. The van der Waals surface area contributed by atoms with Crippen molar-refractivity contribution in [2.75, 3.05) is 0 Å². The van der Waals surface area contributed by atoms with Crippen LogP contribution in [0.5, 0.6) is 0 Å². The second-order valence-corrected chi connectivity index (χ2v) is 8.96. The third-order valence-corrected chi connectivity index (χ3v) is 6.33. The molecule has 1 N–H and O–H groups in total. The number of carbonyl (C=O) groups excluding carboxylic acids is 3. The van der Waals surface area contributed by atoms with Gasteiger partial charge in [-0.1, -0.05) is 32.4 Å². The van der Waals surface area contributed by atoms with Crippen molar-refractivity contribution in [1.29, 1.82) is 0 Å². The Morgan fingerprint density at radius 1 is 1.14 bits per heavy atom. The van der Waals surface area contributed by atoms with E-state index < -0.39 is 41.9 Å². The third-order valence-electron chi connectivity index (χ3n) is 6.33. The molecule has 8 heteroatoms. The number of rotatable bonds is 5. The molecule has 0 radical (unpaired) electrons. The lowest BCUT2D eigenvalue weighted by atomic mass is 9.85. The zero-order valence-electron chi connectivity index (χ0n) is 16.9. The lowest BCUT2D eigenvalue weighted by Gasteiger charge is -2.33. The molecule has 0 aromatic heterocycles. The number of fused-ring (bicyclic) bond motifs is 1. The summed E-state index contributed by atoms with van der Waals surface area (Å²) in [5.74, 6) is -3.42. The summed E-state index contributed by atoms with van der Waals surface area (Å²) in [5.41, 5.74) is 0. The van der Waals surface area contributed by atoms with Crippen LogP contribution in [-0.4, -0.2) is 40.9 Å². The number of allylic oxidation sites excluding steroid dienone is 2. The van der Waals surface area contributed by atoms with Crippen LogP contribution in [0, 0.1) is 23.7 Å².